The van der Waals surface area contributed by atoms with Crippen molar-refractivity contribution < 1.29 is 41.4 Å². The van der Waals surface area contributed by atoms with E-state index in [1.165, 1.54) is 18.3 Å². The van der Waals surface area contributed by atoms with E-state index in [0.29, 0.717) is 5.56 Å². The predicted molar refractivity (Wildman–Crippen MR) is 47.3 cm³/mol. The summed E-state index contributed by atoms with van der Waals surface area (Å²) in [5.74, 6) is 0. The van der Waals surface area contributed by atoms with Gasteiger partial charge in [0.25, 0.3) is 0 Å². The van der Waals surface area contributed by atoms with Gasteiger partial charge in [0.2, 0.25) is 0 Å². The number of nitrogens with zero attached hydrogens (tertiary/aromatic N) is 1. The maximum absolute atomic E-state index is 11.7. The molecule has 0 unspecified atom stereocenters. The number of hydrogen-bond donors (Lipinski definition) is 0. The molecule has 1 radical (unpaired) electrons. The third-order valence-electron chi connectivity index (χ3n) is 0.933. The summed E-state index contributed by atoms with van der Waals surface area (Å²) in [6.07, 6.45) is 2.91. The first-order valence-electron chi connectivity index (χ1n) is 3.49. The van der Waals surface area contributed by atoms with Crippen molar-refractivity contribution >= 4 is 18.4 Å². The Kier molecular flexibility index (Phi) is 12.4. The molecular formula is C8H9FNOSY-. The Morgan fingerprint density at radius 1 is 1.46 bits per heavy atom. The molecule has 0 amide bonds. The molecule has 1 heterocycles. The van der Waals surface area contributed by atoms with Crippen molar-refractivity contribution in [3.05, 3.63) is 23.9 Å². The zero-order valence-electron chi connectivity index (χ0n) is 7.45. The fraction of sp³-hybridized carbons (Fsp3) is 0.250. The molecule has 1 rings (SSSR count). The smallest absolute Gasteiger partial charge is 0.103 e. The van der Waals surface area contributed by atoms with E-state index in [-0.39, 0.29) is 49.9 Å². The summed E-state index contributed by atoms with van der Waals surface area (Å²) < 4.78 is 11.7. The van der Waals surface area contributed by atoms with Crippen LogP contribution in [0.3, 0.4) is 0 Å². The second-order valence-corrected chi connectivity index (χ2v) is 2.14. The SMILES string of the molecule is CC.O=[C-]c1ccc(SF)nc1.[Y]. The van der Waals surface area contributed by atoms with Crippen molar-refractivity contribution in [1.82, 2.24) is 4.98 Å². The molecule has 5 heteroatoms. The normalized spacial score (nSPS) is 7.62. The van der Waals surface area contributed by atoms with E-state index in [2.05, 4.69) is 4.98 Å². The van der Waals surface area contributed by atoms with Crippen LogP contribution in [0.5, 0.6) is 0 Å². The van der Waals surface area contributed by atoms with E-state index < -0.39 is 0 Å². The molecule has 0 spiro atoms. The third kappa shape index (κ3) is 6.30. The van der Waals surface area contributed by atoms with Crippen LogP contribution in [0.25, 0.3) is 0 Å². The Bertz CT molecular complexity index is 230. The number of aromatic nitrogens is 1. The van der Waals surface area contributed by atoms with Gasteiger partial charge in [-0.3, -0.25) is 0 Å². The number of pyridine rings is 1. The van der Waals surface area contributed by atoms with Crippen molar-refractivity contribution in [1.29, 1.82) is 0 Å². The monoisotopic (exact) mass is 275 g/mol. The summed E-state index contributed by atoms with van der Waals surface area (Å²) in [6.45, 7) is 4.00. The summed E-state index contributed by atoms with van der Waals surface area (Å²) >= 11 is 0.0471. The average molecular weight is 275 g/mol. The van der Waals surface area contributed by atoms with Crippen molar-refractivity contribution in [2.75, 3.05) is 0 Å². The first-order chi connectivity index (χ1) is 5.86. The Morgan fingerprint density at radius 3 is 2.38 bits per heavy atom. The van der Waals surface area contributed by atoms with E-state index in [1.54, 1.807) is 6.29 Å². The molecule has 0 aliphatic carbocycles. The maximum Gasteiger partial charge on any atom is 0.103 e. The first-order valence-corrected chi connectivity index (χ1v) is 4.21. The van der Waals surface area contributed by atoms with Crippen LogP contribution in [0.1, 0.15) is 19.4 Å². The molecule has 0 saturated carbocycles. The third-order valence-corrected chi connectivity index (χ3v) is 1.33. The summed E-state index contributed by atoms with van der Waals surface area (Å²) in [5, 5.41) is 0.249. The van der Waals surface area contributed by atoms with Gasteiger partial charge in [0, 0.05) is 32.7 Å². The number of hydrogen-bond acceptors (Lipinski definition) is 3. The van der Waals surface area contributed by atoms with Crippen LogP contribution in [0, 0.1) is 0 Å². The van der Waals surface area contributed by atoms with Crippen LogP contribution in [0.15, 0.2) is 23.4 Å². The minimum atomic E-state index is 0. The quantitative estimate of drug-likeness (QED) is 0.777. The van der Waals surface area contributed by atoms with Gasteiger partial charge in [0.15, 0.2) is 0 Å². The minimum Gasteiger partial charge on any atom is -0.376 e. The van der Waals surface area contributed by atoms with Gasteiger partial charge >= 0.3 is 0 Å². The molecule has 69 valence electrons. The standard InChI is InChI=1S/C6H3FNOS.C2H6.Y/c7-10-6-2-1-5(4-9)3-8-6;1-2;/h1-3H;1-2H3;/q-1;;. The van der Waals surface area contributed by atoms with Crippen molar-refractivity contribution in [2.45, 2.75) is 18.9 Å². The average Bonchev–Trinajstić information content (AvgIpc) is 2.21. The van der Waals surface area contributed by atoms with E-state index in [4.69, 9.17) is 0 Å². The largest absolute Gasteiger partial charge is 0.376 e. The van der Waals surface area contributed by atoms with Gasteiger partial charge in [-0.25, -0.2) is 0 Å². The van der Waals surface area contributed by atoms with Crippen LogP contribution in [-0.2, 0) is 37.5 Å². The summed E-state index contributed by atoms with van der Waals surface area (Å²) in [6, 6.07) is 2.88. The fourth-order valence-corrected chi connectivity index (χ4v) is 0.698. The van der Waals surface area contributed by atoms with Crippen molar-refractivity contribution in [3.63, 3.8) is 0 Å². The van der Waals surface area contributed by atoms with Crippen LogP contribution >= 0.6 is 12.1 Å². The molecular weight excluding hydrogens is 266 g/mol. The van der Waals surface area contributed by atoms with Crippen LogP contribution < -0.4 is 0 Å². The Balaban J connectivity index is 0. The molecule has 1 aromatic rings. The molecule has 1 aromatic heterocycles. The van der Waals surface area contributed by atoms with Crippen LogP contribution in [-0.4, -0.2) is 11.3 Å². The van der Waals surface area contributed by atoms with Crippen molar-refractivity contribution in [2.24, 2.45) is 0 Å². The Hall–Kier alpha value is 0.204. The second-order valence-electron chi connectivity index (χ2n) is 1.56. The van der Waals surface area contributed by atoms with Gasteiger partial charge < -0.3 is 9.78 Å². The minimum absolute atomic E-state index is 0. The maximum atomic E-state index is 11.7. The van der Waals surface area contributed by atoms with Gasteiger partial charge in [-0.1, -0.05) is 26.1 Å². The fourth-order valence-electron chi connectivity index (χ4n) is 0.486. The Morgan fingerprint density at radius 2 is 2.08 bits per heavy atom. The number of carbonyl (C=O) groups excluding carboxylic acids is 1. The second kappa shape index (κ2) is 10.3. The molecule has 0 N–H and O–H groups in total. The summed E-state index contributed by atoms with van der Waals surface area (Å²) in [4.78, 5) is 13.5. The Labute approximate surface area is 107 Å². The molecule has 0 aliphatic rings. The molecule has 0 fully saturated rings. The first kappa shape index (κ1) is 15.7. The topological polar surface area (TPSA) is 30.0 Å². The van der Waals surface area contributed by atoms with Crippen LogP contribution in [0.2, 0.25) is 0 Å². The van der Waals surface area contributed by atoms with E-state index in [9.17, 15) is 8.68 Å². The molecule has 2 nitrogen and oxygen atoms in total. The molecule has 0 bridgehead atoms. The molecule has 0 aromatic carbocycles. The van der Waals surface area contributed by atoms with E-state index >= 15 is 0 Å². The van der Waals surface area contributed by atoms with Gasteiger partial charge in [0.1, 0.15) is 5.03 Å². The van der Waals surface area contributed by atoms with Gasteiger partial charge in [0.05, 0.1) is 18.4 Å². The zero-order chi connectivity index (χ0) is 9.40. The van der Waals surface area contributed by atoms with Gasteiger partial charge in [-0.15, -0.1) is 5.56 Å². The van der Waals surface area contributed by atoms with E-state index in [0.717, 1.165) is 0 Å². The van der Waals surface area contributed by atoms with Crippen LogP contribution in [0.4, 0.5) is 3.89 Å². The van der Waals surface area contributed by atoms with Gasteiger partial charge in [-0.2, -0.15) is 9.95 Å². The van der Waals surface area contributed by atoms with Gasteiger partial charge in [-0.05, 0) is 0 Å². The summed E-state index contributed by atoms with van der Waals surface area (Å²) in [7, 11) is 0. The zero-order valence-corrected chi connectivity index (χ0v) is 11.1. The summed E-state index contributed by atoms with van der Waals surface area (Å²) in [5.41, 5.74) is 0.331. The predicted octanol–water partition coefficient (Wildman–Crippen LogP) is 2.54. The molecule has 0 atom stereocenters. The molecule has 0 saturated heterocycles. The number of halogens is 1. The van der Waals surface area contributed by atoms with E-state index in [1.807, 2.05) is 13.8 Å². The number of rotatable bonds is 2. The van der Waals surface area contributed by atoms with Crippen molar-refractivity contribution in [3.8, 4) is 0 Å². The molecule has 0 aliphatic heterocycles. The molecule has 13 heavy (non-hydrogen) atoms.